The summed E-state index contributed by atoms with van der Waals surface area (Å²) in [5.74, 6) is -3.92. The molecule has 4 aromatic rings. The smallest absolute Gasteiger partial charge is 0.262 e. The van der Waals surface area contributed by atoms with Crippen molar-refractivity contribution in [3.8, 4) is 5.75 Å². The van der Waals surface area contributed by atoms with Gasteiger partial charge in [0.25, 0.3) is 11.8 Å². The SMILES string of the molecule is [2H]C1([2H])N(CC2CCN(CCCOc3cc4ncnc(Nc5ccc(F)c(Cl)c5)c4cc3NC(=O)C=C)CC2)C([2H])([2H])C([2H])([2H])N(c2ccc3c(c2)C(=O)N(C2CCC(=O)NC2=O)C3=O)C1([2H])[2H]. The highest BCUT2D eigenvalue weighted by atomic mass is 35.5. The molecule has 0 saturated carbocycles. The molecule has 8 rings (SSSR count). The monoisotopic (exact) mass is 845 g/mol. The number of benzene rings is 3. The Morgan fingerprint density at radius 2 is 1.77 bits per heavy atom. The molecule has 3 fully saturated rings. The van der Waals surface area contributed by atoms with Crippen molar-refractivity contribution in [3.63, 3.8) is 0 Å². The van der Waals surface area contributed by atoms with Crippen LogP contribution in [0.25, 0.3) is 10.9 Å². The molecule has 4 aliphatic heterocycles. The Bertz CT molecular complexity index is 2720. The quantitative estimate of drug-likeness (QED) is 0.0938. The van der Waals surface area contributed by atoms with Crippen molar-refractivity contribution in [1.29, 1.82) is 0 Å². The van der Waals surface area contributed by atoms with Crippen LogP contribution < -0.4 is 25.6 Å². The van der Waals surface area contributed by atoms with Gasteiger partial charge < -0.3 is 25.2 Å². The van der Waals surface area contributed by atoms with Gasteiger partial charge in [0.15, 0.2) is 0 Å². The highest BCUT2D eigenvalue weighted by Crippen LogP contribution is 2.35. The number of piperidine rings is 2. The van der Waals surface area contributed by atoms with Crippen LogP contribution in [0.5, 0.6) is 5.75 Å². The number of nitrogens with one attached hydrogen (secondary N) is 3. The van der Waals surface area contributed by atoms with Crippen molar-refractivity contribution in [2.75, 3.05) is 74.3 Å². The lowest BCUT2D eigenvalue weighted by molar-refractivity contribution is -0.136. The van der Waals surface area contributed by atoms with Crippen molar-refractivity contribution in [2.24, 2.45) is 5.92 Å². The molecule has 3 saturated heterocycles. The Labute approximate surface area is 362 Å². The number of hydrogen-bond donors (Lipinski definition) is 3. The number of carbonyl (C=O) groups is 5. The van der Waals surface area contributed by atoms with E-state index in [0.717, 1.165) is 24.3 Å². The molecular formula is C43H45ClFN9O6. The van der Waals surface area contributed by atoms with Gasteiger partial charge in [-0.15, -0.1) is 0 Å². The third kappa shape index (κ3) is 8.81. The van der Waals surface area contributed by atoms with Crippen molar-refractivity contribution in [2.45, 2.75) is 38.1 Å². The molecule has 3 N–H and O–H groups in total. The van der Waals surface area contributed by atoms with Crippen LogP contribution in [0.4, 0.5) is 27.3 Å². The van der Waals surface area contributed by atoms with Crippen LogP contribution >= 0.6 is 11.6 Å². The van der Waals surface area contributed by atoms with Crippen molar-refractivity contribution >= 4 is 74.9 Å². The van der Waals surface area contributed by atoms with Crippen molar-refractivity contribution < 1.29 is 44.1 Å². The van der Waals surface area contributed by atoms with Crippen molar-refractivity contribution in [3.05, 3.63) is 89.5 Å². The normalized spacial score (nSPS) is 24.4. The van der Waals surface area contributed by atoms with E-state index in [1.807, 2.05) is 0 Å². The second-order valence-corrected chi connectivity index (χ2v) is 15.0. The fraction of sp³-hybridized carbons (Fsp3) is 0.372. The first kappa shape index (κ1) is 31.9. The summed E-state index contributed by atoms with van der Waals surface area (Å²) in [7, 11) is 0. The second-order valence-electron chi connectivity index (χ2n) is 14.6. The standard InChI is InChI=1S/C43H45ClFN9O6/c1-2-38(55)49-35-22-31-34(46-25-47-40(31)48-27-4-7-33(45)32(44)20-27)23-37(35)60-19-3-12-51-13-10-26(11-14-51)24-52-15-17-53(18-16-52)28-5-6-29-30(21-28)43(59)54(42(29)58)36-8-9-39(56)50-41(36)57/h2,4-7,20-23,25-26,36H,1,3,8-19,24H2,(H,49,55)(H,46,47,48)(H,50,56,57)/i15D2,16D2,17D2,18D2. The molecule has 1 atom stereocenters. The lowest BCUT2D eigenvalue weighted by atomic mass is 9.95. The van der Waals surface area contributed by atoms with Gasteiger partial charge in [0.2, 0.25) is 17.7 Å². The number of anilines is 4. The number of ether oxygens (including phenoxy) is 1. The second kappa shape index (κ2) is 17.7. The van der Waals surface area contributed by atoms with E-state index in [4.69, 9.17) is 27.3 Å². The molecule has 0 aliphatic carbocycles. The molecule has 15 nitrogen and oxygen atoms in total. The van der Waals surface area contributed by atoms with E-state index in [9.17, 15) is 28.4 Å². The average molecular weight is 846 g/mol. The van der Waals surface area contributed by atoms with Gasteiger partial charge in [-0.05, 0) is 93.2 Å². The molecule has 0 bridgehead atoms. The number of fused-ring (bicyclic) bond motifs is 2. The van der Waals surface area contributed by atoms with Gasteiger partial charge in [0.05, 0.1) is 39.4 Å². The summed E-state index contributed by atoms with van der Waals surface area (Å²) in [5, 5.41) is 8.38. The molecule has 5 amide bonds. The largest absolute Gasteiger partial charge is 0.491 e. The number of piperazine rings is 1. The van der Waals surface area contributed by atoms with Gasteiger partial charge in [-0.25, -0.2) is 14.4 Å². The first-order valence-corrected chi connectivity index (χ1v) is 19.7. The number of carbonyl (C=O) groups excluding carboxylic acids is 5. The molecule has 5 heterocycles. The summed E-state index contributed by atoms with van der Waals surface area (Å²) < 4.78 is 92.2. The Morgan fingerprint density at radius 1 is 0.983 bits per heavy atom. The zero-order chi connectivity index (χ0) is 49.1. The van der Waals surface area contributed by atoms with Crippen molar-refractivity contribution in [1.82, 2.24) is 30.0 Å². The fourth-order valence-electron chi connectivity index (χ4n) is 7.51. The van der Waals surface area contributed by atoms with E-state index in [0.29, 0.717) is 87.4 Å². The van der Waals surface area contributed by atoms with E-state index < -0.39 is 73.1 Å². The van der Waals surface area contributed by atoms with E-state index in [1.54, 1.807) is 12.1 Å². The number of amides is 5. The van der Waals surface area contributed by atoms with Gasteiger partial charge >= 0.3 is 0 Å². The number of nitrogens with zero attached hydrogens (tertiary/aromatic N) is 6. The zero-order valence-corrected chi connectivity index (χ0v) is 32.9. The third-order valence-electron chi connectivity index (χ3n) is 10.7. The number of likely N-dealkylation sites (tertiary alicyclic amines) is 1. The van der Waals surface area contributed by atoms with E-state index in [-0.39, 0.29) is 48.1 Å². The molecule has 1 aromatic heterocycles. The Hall–Kier alpha value is -5.97. The summed E-state index contributed by atoms with van der Waals surface area (Å²) in [5.41, 5.74) is 0.397. The Kier molecular flexibility index (Phi) is 9.41. The summed E-state index contributed by atoms with van der Waals surface area (Å²) in [6, 6.07) is 9.36. The maximum Gasteiger partial charge on any atom is 0.262 e. The summed E-state index contributed by atoms with van der Waals surface area (Å²) in [6.45, 7) is -7.69. The van der Waals surface area contributed by atoms with Crippen LogP contribution in [-0.4, -0.2) is 119 Å². The predicted molar refractivity (Wildman–Crippen MR) is 224 cm³/mol. The number of imide groups is 2. The van der Waals surface area contributed by atoms with Gasteiger partial charge in [-0.3, -0.25) is 39.1 Å². The van der Waals surface area contributed by atoms with E-state index >= 15 is 0 Å². The van der Waals surface area contributed by atoms with Crippen LogP contribution in [0.15, 0.2) is 67.5 Å². The molecule has 17 heteroatoms. The minimum Gasteiger partial charge on any atom is -0.491 e. The van der Waals surface area contributed by atoms with Crippen LogP contribution in [-0.2, 0) is 14.4 Å². The minimum absolute atomic E-state index is 0.0795. The third-order valence-corrected chi connectivity index (χ3v) is 11.0. The fourth-order valence-corrected chi connectivity index (χ4v) is 7.69. The molecule has 0 spiro atoms. The van der Waals surface area contributed by atoms with E-state index in [2.05, 4.69) is 37.4 Å². The molecule has 4 aliphatic rings. The highest BCUT2D eigenvalue weighted by molar-refractivity contribution is 6.31. The molecule has 60 heavy (non-hydrogen) atoms. The topological polar surface area (TPSA) is 169 Å². The van der Waals surface area contributed by atoms with Crippen LogP contribution in [0, 0.1) is 11.7 Å². The molecule has 3 aromatic carbocycles. The minimum atomic E-state index is -3.24. The van der Waals surface area contributed by atoms with Gasteiger partial charge in [-0.2, -0.15) is 0 Å². The first-order valence-electron chi connectivity index (χ1n) is 23.3. The number of rotatable bonds is 13. The molecular weight excluding hydrogens is 793 g/mol. The average Bonchev–Trinajstić information content (AvgIpc) is 3.52. The number of halogens is 2. The maximum absolute atomic E-state index is 13.8. The molecule has 1 unspecified atom stereocenters. The van der Waals surface area contributed by atoms with Gasteiger partial charge in [-0.1, -0.05) is 18.2 Å². The number of hydrogen-bond acceptors (Lipinski definition) is 12. The summed E-state index contributed by atoms with van der Waals surface area (Å²) in [4.78, 5) is 76.0. The lowest BCUT2D eigenvalue weighted by Gasteiger charge is -2.39. The highest BCUT2D eigenvalue weighted by Gasteiger charge is 2.45. The molecule has 0 radical (unpaired) electrons. The Balaban J connectivity index is 0.901. The maximum atomic E-state index is 13.8. The zero-order valence-electron chi connectivity index (χ0n) is 40.1. The van der Waals surface area contributed by atoms with Gasteiger partial charge in [0, 0.05) is 73.8 Å². The van der Waals surface area contributed by atoms with Crippen LogP contribution in [0.2, 0.25) is 5.02 Å². The van der Waals surface area contributed by atoms with E-state index in [1.165, 1.54) is 24.5 Å². The molecule has 312 valence electrons. The summed E-state index contributed by atoms with van der Waals surface area (Å²) >= 11 is 5.96. The summed E-state index contributed by atoms with van der Waals surface area (Å²) in [6.07, 6.45) is 3.69. The number of aromatic nitrogens is 2. The Morgan fingerprint density at radius 3 is 2.52 bits per heavy atom. The lowest BCUT2D eigenvalue weighted by Crippen LogP contribution is -2.54. The van der Waals surface area contributed by atoms with Crippen LogP contribution in [0.3, 0.4) is 0 Å². The van der Waals surface area contributed by atoms with Crippen LogP contribution in [0.1, 0.15) is 63.8 Å². The predicted octanol–water partition coefficient (Wildman–Crippen LogP) is 4.99. The first-order chi connectivity index (χ1) is 32.1. The van der Waals surface area contributed by atoms with Gasteiger partial charge in [0.1, 0.15) is 29.8 Å².